The van der Waals surface area contributed by atoms with Crippen molar-refractivity contribution in [2.75, 3.05) is 85.6 Å². The molecule has 0 fully saturated rings. The number of hydrogen-bond acceptors (Lipinski definition) is 14. The van der Waals surface area contributed by atoms with Crippen LogP contribution in [0, 0.1) is 17.0 Å². The Hall–Kier alpha value is -7.17. The van der Waals surface area contributed by atoms with E-state index in [2.05, 4.69) is 16.0 Å². The van der Waals surface area contributed by atoms with Crippen LogP contribution >= 0.6 is 0 Å². The third-order valence-electron chi connectivity index (χ3n) is 11.0. The van der Waals surface area contributed by atoms with Crippen LogP contribution in [0.4, 0.5) is 22.0 Å². The Kier molecular flexibility index (Phi) is 26.5. The fourth-order valence-electron chi connectivity index (χ4n) is 7.27. The van der Waals surface area contributed by atoms with E-state index < -0.39 is 102 Å². The van der Waals surface area contributed by atoms with Crippen LogP contribution in [-0.4, -0.2) is 181 Å². The molecular weight excluding hydrogens is 1030 g/mol. The topological polar surface area (TPSA) is 308 Å². The molecular formula is C50H64F5N7O15. The normalized spacial score (nSPS) is 13.6. The standard InChI is InChI=1S/C48H63F2N7O13.C2HF3O2/c1-48(2,3)45(39-25-33(35-26-34(49)9-10-36(35)50)29-55(39)28-32-7-5-4-6-8-32)56(44(63)31-58)16-13-37(51)46(64)54-38(47(65)66)27-53-40(59)14-17-67-19-21-69-23-24-70-22-20-68-18-15-52-41(60)30-57-42(61)11-12-43(57)62;3-2(4,5)1(6)7/h4-12,25-26,29,37-38,45,58H,13-24,27-28,30-31,51H2,1-3H3,(H,52,60)(H,53,59)(H,54,64)(H,65,66);(H,6,7)/t37?,38-,45?;/m1./s1. The van der Waals surface area contributed by atoms with Gasteiger partial charge >= 0.3 is 18.1 Å². The maximum Gasteiger partial charge on any atom is 0.490 e. The van der Waals surface area contributed by atoms with Gasteiger partial charge in [-0.1, -0.05) is 51.1 Å². The van der Waals surface area contributed by atoms with Gasteiger partial charge in [0.25, 0.3) is 11.8 Å². The van der Waals surface area contributed by atoms with E-state index in [4.69, 9.17) is 34.6 Å². The molecule has 2 aromatic carbocycles. The number of nitrogens with zero attached hydrogens (tertiary/aromatic N) is 3. The molecule has 424 valence electrons. The molecule has 1 aromatic heterocycles. The third-order valence-corrected chi connectivity index (χ3v) is 11.0. The molecule has 0 aliphatic carbocycles. The fraction of sp³-hybridized carbons (Fsp3) is 0.480. The van der Waals surface area contributed by atoms with Crippen molar-refractivity contribution >= 4 is 47.4 Å². The van der Waals surface area contributed by atoms with Crippen LogP contribution in [0.2, 0.25) is 0 Å². The van der Waals surface area contributed by atoms with E-state index in [1.807, 2.05) is 55.7 Å². The van der Waals surface area contributed by atoms with Gasteiger partial charge in [-0.25, -0.2) is 18.4 Å². The van der Waals surface area contributed by atoms with E-state index in [-0.39, 0.29) is 90.9 Å². The van der Waals surface area contributed by atoms with Crippen LogP contribution in [0.3, 0.4) is 0 Å². The van der Waals surface area contributed by atoms with Gasteiger partial charge in [0.2, 0.25) is 23.6 Å². The molecule has 4 rings (SSSR count). The van der Waals surface area contributed by atoms with Gasteiger partial charge in [-0.2, -0.15) is 13.2 Å². The van der Waals surface area contributed by atoms with E-state index in [1.165, 1.54) is 4.90 Å². The number of imide groups is 1. The Morgan fingerprint density at radius 3 is 1.90 bits per heavy atom. The molecule has 3 aromatic rings. The number of carboxylic acids is 2. The summed E-state index contributed by atoms with van der Waals surface area (Å²) in [5.41, 5.74) is 7.29. The van der Waals surface area contributed by atoms with Gasteiger partial charge in [-0.05, 0) is 41.7 Å². The smallest absolute Gasteiger partial charge is 0.480 e. The van der Waals surface area contributed by atoms with Crippen LogP contribution in [0.5, 0.6) is 0 Å². The molecule has 8 N–H and O–H groups in total. The fourth-order valence-corrected chi connectivity index (χ4v) is 7.27. The molecule has 0 spiro atoms. The molecule has 1 aliphatic rings. The maximum atomic E-state index is 15.1. The van der Waals surface area contributed by atoms with E-state index in [0.29, 0.717) is 17.8 Å². The number of halogens is 5. The zero-order valence-electron chi connectivity index (χ0n) is 42.5. The number of carbonyl (C=O) groups is 8. The van der Waals surface area contributed by atoms with Crippen LogP contribution in [-0.2, 0) is 63.8 Å². The Labute approximate surface area is 439 Å². The van der Waals surface area contributed by atoms with Gasteiger partial charge in [0.1, 0.15) is 30.8 Å². The monoisotopic (exact) mass is 1100 g/mol. The highest BCUT2D eigenvalue weighted by Crippen LogP contribution is 2.41. The zero-order chi connectivity index (χ0) is 57.3. The van der Waals surface area contributed by atoms with E-state index in [0.717, 1.165) is 40.8 Å². The van der Waals surface area contributed by atoms with Crippen LogP contribution in [0.25, 0.3) is 11.1 Å². The second-order valence-electron chi connectivity index (χ2n) is 18.0. The Balaban J connectivity index is 0.00000208. The first-order chi connectivity index (χ1) is 36.3. The van der Waals surface area contributed by atoms with E-state index >= 15 is 4.39 Å². The summed E-state index contributed by atoms with van der Waals surface area (Å²) >= 11 is 0. The molecule has 2 heterocycles. The predicted molar refractivity (Wildman–Crippen MR) is 262 cm³/mol. The number of aliphatic hydroxyl groups excluding tert-OH is 1. The summed E-state index contributed by atoms with van der Waals surface area (Å²) in [4.78, 5) is 97.3. The number of carboxylic acid groups (broad SMARTS) is 2. The Bertz CT molecular complexity index is 2470. The summed E-state index contributed by atoms with van der Waals surface area (Å²) in [5, 5.41) is 34.4. The molecule has 27 heteroatoms. The van der Waals surface area contributed by atoms with E-state index in [9.17, 15) is 61.3 Å². The lowest BCUT2D eigenvalue weighted by Crippen LogP contribution is -2.53. The van der Waals surface area contributed by atoms with Gasteiger partial charge in [0.15, 0.2) is 0 Å². The highest BCUT2D eigenvalue weighted by molar-refractivity contribution is 6.14. The third kappa shape index (κ3) is 22.5. The first kappa shape index (κ1) is 64.1. The highest BCUT2D eigenvalue weighted by Gasteiger charge is 2.39. The number of aliphatic hydroxyl groups is 1. The molecule has 6 amide bonds. The molecule has 2 unspecified atom stereocenters. The average molecular weight is 1100 g/mol. The number of rotatable bonds is 31. The van der Waals surface area contributed by atoms with Gasteiger partial charge in [0, 0.05) is 67.8 Å². The zero-order valence-corrected chi connectivity index (χ0v) is 42.5. The van der Waals surface area contributed by atoms with Crippen molar-refractivity contribution in [3.05, 3.63) is 95.8 Å². The number of aliphatic carboxylic acids is 2. The molecule has 1 aliphatic heterocycles. The van der Waals surface area contributed by atoms with Crippen molar-refractivity contribution in [2.24, 2.45) is 11.1 Å². The molecule has 3 atom stereocenters. The number of alkyl halides is 3. The van der Waals surface area contributed by atoms with Gasteiger partial charge in [-0.15, -0.1) is 0 Å². The summed E-state index contributed by atoms with van der Waals surface area (Å²) in [6, 6.07) is 10.5. The van der Waals surface area contributed by atoms with Crippen molar-refractivity contribution in [1.29, 1.82) is 0 Å². The van der Waals surface area contributed by atoms with Gasteiger partial charge < -0.3 is 65.4 Å². The summed E-state index contributed by atoms with van der Waals surface area (Å²) < 4.78 is 84.6. The summed E-state index contributed by atoms with van der Waals surface area (Å²) in [6.45, 7) is 5.84. The number of nitrogens with one attached hydrogen (secondary N) is 3. The number of aromatic nitrogens is 1. The molecule has 22 nitrogen and oxygen atoms in total. The molecule has 0 saturated carbocycles. The van der Waals surface area contributed by atoms with Gasteiger partial charge in [0.05, 0.1) is 64.9 Å². The largest absolute Gasteiger partial charge is 0.490 e. The second kappa shape index (κ2) is 31.8. The van der Waals surface area contributed by atoms with Gasteiger partial charge in [-0.3, -0.25) is 33.7 Å². The molecule has 0 saturated heterocycles. The lowest BCUT2D eigenvalue weighted by molar-refractivity contribution is -0.192. The van der Waals surface area contributed by atoms with Crippen LogP contribution in [0.1, 0.15) is 50.9 Å². The Morgan fingerprint density at radius 2 is 1.35 bits per heavy atom. The molecule has 77 heavy (non-hydrogen) atoms. The summed E-state index contributed by atoms with van der Waals surface area (Å²) in [7, 11) is 0. The minimum absolute atomic E-state index is 0.00275. The minimum atomic E-state index is -5.08. The van der Waals surface area contributed by atoms with Crippen molar-refractivity contribution in [2.45, 2.75) is 64.5 Å². The second-order valence-corrected chi connectivity index (χ2v) is 18.0. The van der Waals surface area contributed by atoms with Crippen molar-refractivity contribution in [3.63, 3.8) is 0 Å². The van der Waals surface area contributed by atoms with Crippen LogP contribution < -0.4 is 21.7 Å². The lowest BCUT2D eigenvalue weighted by atomic mass is 9.82. The first-order valence-electron chi connectivity index (χ1n) is 23.9. The lowest BCUT2D eigenvalue weighted by Gasteiger charge is -2.41. The van der Waals surface area contributed by atoms with Crippen LogP contribution in [0.15, 0.2) is 72.9 Å². The average Bonchev–Trinajstić information content (AvgIpc) is 3.94. The molecule has 0 bridgehead atoms. The number of hydrogen-bond donors (Lipinski definition) is 7. The summed E-state index contributed by atoms with van der Waals surface area (Å²) in [5.74, 6) is -9.15. The predicted octanol–water partition coefficient (Wildman–Crippen LogP) is 1.92. The molecule has 0 radical (unpaired) electrons. The highest BCUT2D eigenvalue weighted by atomic mass is 19.4. The number of carbonyl (C=O) groups excluding carboxylic acids is 6. The SMILES string of the molecule is CC(C)(C)C(c1cc(-c2cc(F)ccc2F)cn1Cc1ccccc1)N(CCC(N)C(=O)N[C@H](CNC(=O)CCOCCOCCOCCOCCNC(=O)CN1C(=O)C=CC1=O)C(=O)O)C(=O)CO.O=C(O)C(F)(F)F. The number of benzene rings is 2. The quantitative estimate of drug-likeness (QED) is 0.0275. The van der Waals surface area contributed by atoms with Crippen molar-refractivity contribution < 1.29 is 94.6 Å². The maximum absolute atomic E-state index is 15.1. The first-order valence-corrected chi connectivity index (χ1v) is 23.9. The Morgan fingerprint density at radius 1 is 0.779 bits per heavy atom. The number of amides is 6. The number of ether oxygens (including phenoxy) is 4. The van der Waals surface area contributed by atoms with Crippen molar-refractivity contribution in [3.8, 4) is 11.1 Å². The summed E-state index contributed by atoms with van der Waals surface area (Å²) in [6.07, 6.45) is -1.50. The van der Waals surface area contributed by atoms with E-state index in [1.54, 1.807) is 12.3 Å². The number of nitrogens with two attached hydrogens (primary N) is 1. The van der Waals surface area contributed by atoms with Crippen molar-refractivity contribution in [1.82, 2.24) is 30.3 Å². The minimum Gasteiger partial charge on any atom is -0.480 e.